The largest absolute Gasteiger partial charge is 0.394 e. The highest BCUT2D eigenvalue weighted by atomic mass is 16.7. The number of aliphatic hydroxyl groups excluding tert-OH is 5. The van der Waals surface area contributed by atoms with Crippen LogP contribution in [0.25, 0.3) is 0 Å². The van der Waals surface area contributed by atoms with E-state index >= 15 is 0 Å². The highest BCUT2D eigenvalue weighted by Gasteiger charge is 2.43. The van der Waals surface area contributed by atoms with Gasteiger partial charge in [-0.25, -0.2) is 0 Å². The summed E-state index contributed by atoms with van der Waals surface area (Å²) < 4.78 is 22.8. The van der Waals surface area contributed by atoms with Crippen molar-refractivity contribution in [1.29, 1.82) is 0 Å². The molecule has 0 aromatic heterocycles. The first-order chi connectivity index (χ1) is 17.1. The maximum atomic E-state index is 10.6. The van der Waals surface area contributed by atoms with Crippen molar-refractivity contribution in [3.8, 4) is 0 Å². The molecule has 0 aliphatic carbocycles. The third-order valence-corrected chi connectivity index (χ3v) is 6.55. The van der Waals surface area contributed by atoms with Gasteiger partial charge >= 0.3 is 0 Å². The Kier molecular flexibility index (Phi) is 13.8. The molecule has 6 unspecified atom stereocenters. The van der Waals surface area contributed by atoms with Crippen LogP contribution in [0.15, 0.2) is 34.9 Å². The van der Waals surface area contributed by atoms with Gasteiger partial charge in [0.25, 0.3) is 0 Å². The fourth-order valence-corrected chi connectivity index (χ4v) is 4.31. The van der Waals surface area contributed by atoms with Crippen LogP contribution in [0.1, 0.15) is 66.2 Å². The molecule has 2 fully saturated rings. The first-order valence-electron chi connectivity index (χ1n) is 12.9. The number of hydrogen-bond donors (Lipinski definition) is 5. The van der Waals surface area contributed by atoms with E-state index in [-0.39, 0.29) is 12.8 Å². The summed E-state index contributed by atoms with van der Waals surface area (Å²) in [6, 6.07) is 0. The molecule has 9 heteroatoms. The molecule has 0 spiro atoms. The minimum atomic E-state index is -1.22. The van der Waals surface area contributed by atoms with E-state index in [2.05, 4.69) is 39.8 Å². The average molecular weight is 515 g/mol. The van der Waals surface area contributed by atoms with E-state index in [0.29, 0.717) is 6.61 Å². The Morgan fingerprint density at radius 3 is 2.00 bits per heavy atom. The molecule has 0 radical (unpaired) electrons. The second-order valence-electron chi connectivity index (χ2n) is 10.1. The minimum absolute atomic E-state index is 0.0345. The van der Waals surface area contributed by atoms with Crippen LogP contribution < -0.4 is 0 Å². The highest BCUT2D eigenvalue weighted by Crippen LogP contribution is 2.29. The first-order valence-corrected chi connectivity index (χ1v) is 12.9. The molecule has 36 heavy (non-hydrogen) atoms. The lowest BCUT2D eigenvalue weighted by atomic mass is 10.00. The fourth-order valence-electron chi connectivity index (χ4n) is 4.31. The van der Waals surface area contributed by atoms with Gasteiger partial charge in [-0.05, 0) is 53.4 Å². The number of hydrogen-bond acceptors (Lipinski definition) is 9. The van der Waals surface area contributed by atoms with Gasteiger partial charge in [-0.15, -0.1) is 0 Å². The van der Waals surface area contributed by atoms with Crippen LogP contribution in [-0.2, 0) is 18.9 Å². The van der Waals surface area contributed by atoms with Crippen molar-refractivity contribution in [3.63, 3.8) is 0 Å². The third kappa shape index (κ3) is 10.3. The van der Waals surface area contributed by atoms with Crippen molar-refractivity contribution < 1.29 is 44.5 Å². The second-order valence-corrected chi connectivity index (χ2v) is 10.1. The maximum Gasteiger partial charge on any atom is 0.161 e. The zero-order valence-electron chi connectivity index (χ0n) is 22.1. The zero-order valence-corrected chi connectivity index (χ0v) is 22.1. The molecular weight excluding hydrogens is 468 g/mol. The van der Waals surface area contributed by atoms with Gasteiger partial charge in [-0.3, -0.25) is 0 Å². The number of ether oxygens (including phenoxy) is 4. The standard InChI is InChI=1S/C27H46O9/c1-17(2)7-5-8-18(3)9-6-10-19(4)11-12-33-24-14-21(31)27(23(16-29)35-24)36-25-13-20(30)26(32)22(15-28)34-25/h7,9,11,20-32H,5-6,8,10,12-16H2,1-4H3/b18-9+,19-11+/t20?,21?,22?,23?,24?,25?,26-,27-/m0/s1. The van der Waals surface area contributed by atoms with E-state index < -0.39 is 62.4 Å². The topological polar surface area (TPSA) is 138 Å². The summed E-state index contributed by atoms with van der Waals surface area (Å²) >= 11 is 0. The summed E-state index contributed by atoms with van der Waals surface area (Å²) in [6.45, 7) is 7.88. The molecule has 2 saturated heterocycles. The van der Waals surface area contributed by atoms with Crippen molar-refractivity contribution in [2.24, 2.45) is 0 Å². The van der Waals surface area contributed by atoms with E-state index in [1.807, 2.05) is 6.08 Å². The van der Waals surface area contributed by atoms with Crippen LogP contribution in [0.4, 0.5) is 0 Å². The van der Waals surface area contributed by atoms with Gasteiger partial charge in [-0.1, -0.05) is 34.9 Å². The van der Waals surface area contributed by atoms with Gasteiger partial charge in [0.05, 0.1) is 32.0 Å². The minimum Gasteiger partial charge on any atom is -0.394 e. The molecule has 0 amide bonds. The van der Waals surface area contributed by atoms with Gasteiger partial charge in [0, 0.05) is 12.8 Å². The normalized spacial score (nSPS) is 34.0. The number of aliphatic hydroxyl groups is 5. The van der Waals surface area contributed by atoms with E-state index in [0.717, 1.165) is 25.7 Å². The lowest BCUT2D eigenvalue weighted by Crippen LogP contribution is -2.56. The molecule has 0 aromatic carbocycles. The van der Waals surface area contributed by atoms with Crippen molar-refractivity contribution in [2.45, 2.75) is 115 Å². The first kappa shape index (κ1) is 31.1. The van der Waals surface area contributed by atoms with Crippen LogP contribution in [-0.4, -0.2) is 94.6 Å². The van der Waals surface area contributed by atoms with E-state index in [1.54, 1.807) is 0 Å². The molecule has 0 saturated carbocycles. The lowest BCUT2D eigenvalue weighted by molar-refractivity contribution is -0.319. The van der Waals surface area contributed by atoms with Crippen LogP contribution in [0.5, 0.6) is 0 Å². The Labute approximate surface area is 215 Å². The summed E-state index contributed by atoms with van der Waals surface area (Å²) in [5.41, 5.74) is 3.94. The smallest absolute Gasteiger partial charge is 0.161 e. The molecule has 0 bridgehead atoms. The molecule has 2 rings (SSSR count). The summed E-state index contributed by atoms with van der Waals surface area (Å²) in [5.74, 6) is 0. The molecule has 208 valence electrons. The molecule has 0 aromatic rings. The second kappa shape index (κ2) is 16.0. The van der Waals surface area contributed by atoms with E-state index in [9.17, 15) is 25.5 Å². The summed E-state index contributed by atoms with van der Waals surface area (Å²) in [7, 11) is 0. The van der Waals surface area contributed by atoms with Gasteiger partial charge in [0.2, 0.25) is 0 Å². The maximum absolute atomic E-state index is 10.6. The zero-order chi connectivity index (χ0) is 26.7. The van der Waals surface area contributed by atoms with E-state index in [1.165, 1.54) is 16.7 Å². The Morgan fingerprint density at radius 2 is 1.36 bits per heavy atom. The van der Waals surface area contributed by atoms with Crippen LogP contribution in [0.3, 0.4) is 0 Å². The number of allylic oxidation sites excluding steroid dienone is 5. The highest BCUT2D eigenvalue weighted by molar-refractivity contribution is 5.05. The molecule has 5 N–H and O–H groups in total. The van der Waals surface area contributed by atoms with Crippen molar-refractivity contribution in [3.05, 3.63) is 34.9 Å². The Morgan fingerprint density at radius 1 is 0.778 bits per heavy atom. The number of rotatable bonds is 13. The average Bonchev–Trinajstić information content (AvgIpc) is 2.82. The molecule has 9 nitrogen and oxygen atoms in total. The fraction of sp³-hybridized carbons (Fsp3) is 0.778. The predicted molar refractivity (Wildman–Crippen MR) is 135 cm³/mol. The van der Waals surface area contributed by atoms with Crippen molar-refractivity contribution >= 4 is 0 Å². The molecule has 2 heterocycles. The quantitative estimate of drug-likeness (QED) is 0.234. The molecular formula is C27H46O9. The predicted octanol–water partition coefficient (Wildman–Crippen LogP) is 2.10. The SMILES string of the molecule is CC(C)=CCC/C(C)=C/CC/C(C)=C/COC1CC(O)[C@H](OC2CC(O)[C@H](O)C(CO)O2)C(CO)O1. The Bertz CT molecular complexity index is 731. The van der Waals surface area contributed by atoms with Gasteiger partial charge in [-0.2, -0.15) is 0 Å². The monoisotopic (exact) mass is 514 g/mol. The Balaban J connectivity index is 1.77. The van der Waals surface area contributed by atoms with Gasteiger partial charge in [0.1, 0.15) is 24.4 Å². The third-order valence-electron chi connectivity index (χ3n) is 6.55. The van der Waals surface area contributed by atoms with Crippen LogP contribution >= 0.6 is 0 Å². The van der Waals surface area contributed by atoms with E-state index in [4.69, 9.17) is 18.9 Å². The van der Waals surface area contributed by atoms with Gasteiger partial charge in [0.15, 0.2) is 12.6 Å². The Hall–Kier alpha value is -1.14. The summed E-state index contributed by atoms with van der Waals surface area (Å²) in [5, 5.41) is 49.6. The van der Waals surface area contributed by atoms with Crippen LogP contribution in [0, 0.1) is 0 Å². The van der Waals surface area contributed by atoms with Crippen molar-refractivity contribution in [2.75, 3.05) is 19.8 Å². The lowest BCUT2D eigenvalue weighted by Gasteiger charge is -2.42. The molecule has 2 aliphatic heterocycles. The van der Waals surface area contributed by atoms with Gasteiger partial charge < -0.3 is 44.5 Å². The molecule has 2 aliphatic rings. The molecule has 8 atom stereocenters. The summed E-state index contributed by atoms with van der Waals surface area (Å²) in [4.78, 5) is 0. The summed E-state index contributed by atoms with van der Waals surface area (Å²) in [6.07, 6.45) is 2.90. The van der Waals surface area contributed by atoms with Crippen molar-refractivity contribution in [1.82, 2.24) is 0 Å². The van der Waals surface area contributed by atoms with Crippen LogP contribution in [0.2, 0.25) is 0 Å².